The predicted molar refractivity (Wildman–Crippen MR) is 76.2 cm³/mol. The highest BCUT2D eigenvalue weighted by Crippen LogP contribution is 2.24. The molecule has 7 heteroatoms. The third-order valence-corrected chi connectivity index (χ3v) is 4.01. The maximum Gasteiger partial charge on any atom is 0.257 e. The first-order valence-electron chi connectivity index (χ1n) is 6.28. The standard InChI is InChI=1S/C13H15BrFN3O2/c14-9-5-3-4-8(11(9)15)13(19)18-7-2-1-6-10(18)12(16)17-20/h3-5,10,20H,1-2,6-7H2,(H2,16,17). The molecule has 1 unspecified atom stereocenters. The molecule has 1 aromatic rings. The van der Waals surface area contributed by atoms with E-state index in [2.05, 4.69) is 21.1 Å². The van der Waals surface area contributed by atoms with Gasteiger partial charge < -0.3 is 15.8 Å². The van der Waals surface area contributed by atoms with E-state index in [4.69, 9.17) is 10.9 Å². The van der Waals surface area contributed by atoms with Gasteiger partial charge in [-0.05, 0) is 47.3 Å². The number of oxime groups is 1. The van der Waals surface area contributed by atoms with Crippen LogP contribution in [0.4, 0.5) is 4.39 Å². The molecule has 2 rings (SSSR count). The largest absolute Gasteiger partial charge is 0.409 e. The molecule has 1 heterocycles. The van der Waals surface area contributed by atoms with E-state index in [9.17, 15) is 9.18 Å². The van der Waals surface area contributed by atoms with Gasteiger partial charge in [-0.25, -0.2) is 4.39 Å². The lowest BCUT2D eigenvalue weighted by Gasteiger charge is -2.34. The van der Waals surface area contributed by atoms with Gasteiger partial charge in [0.25, 0.3) is 5.91 Å². The molecule has 1 aliphatic heterocycles. The normalized spacial score (nSPS) is 20.0. The van der Waals surface area contributed by atoms with Crippen molar-refractivity contribution >= 4 is 27.7 Å². The maximum atomic E-state index is 14.0. The Morgan fingerprint density at radius 1 is 1.50 bits per heavy atom. The zero-order valence-electron chi connectivity index (χ0n) is 10.7. The summed E-state index contributed by atoms with van der Waals surface area (Å²) >= 11 is 3.06. The number of piperidine rings is 1. The zero-order chi connectivity index (χ0) is 14.7. The van der Waals surface area contributed by atoms with Crippen LogP contribution in [0.15, 0.2) is 27.8 Å². The molecule has 1 atom stereocenters. The average molecular weight is 344 g/mol. The summed E-state index contributed by atoms with van der Waals surface area (Å²) in [6.45, 7) is 0.464. The van der Waals surface area contributed by atoms with Gasteiger partial charge in [-0.15, -0.1) is 0 Å². The molecule has 1 fully saturated rings. The van der Waals surface area contributed by atoms with Crippen LogP contribution in [0, 0.1) is 5.82 Å². The molecule has 5 nitrogen and oxygen atoms in total. The number of hydrogen-bond acceptors (Lipinski definition) is 3. The highest BCUT2D eigenvalue weighted by molar-refractivity contribution is 9.10. The first-order chi connectivity index (χ1) is 9.56. The van der Waals surface area contributed by atoms with E-state index in [-0.39, 0.29) is 15.9 Å². The molecule has 1 amide bonds. The molecule has 0 radical (unpaired) electrons. The van der Waals surface area contributed by atoms with E-state index in [1.54, 1.807) is 6.07 Å². The Balaban J connectivity index is 2.32. The van der Waals surface area contributed by atoms with E-state index in [1.807, 2.05) is 0 Å². The summed E-state index contributed by atoms with van der Waals surface area (Å²) in [4.78, 5) is 13.9. The van der Waals surface area contributed by atoms with E-state index >= 15 is 0 Å². The van der Waals surface area contributed by atoms with Crippen LogP contribution < -0.4 is 5.73 Å². The number of hydrogen-bond donors (Lipinski definition) is 2. The third-order valence-electron chi connectivity index (χ3n) is 3.40. The molecule has 0 bridgehead atoms. The van der Waals surface area contributed by atoms with Gasteiger partial charge in [0.15, 0.2) is 5.84 Å². The van der Waals surface area contributed by atoms with Gasteiger partial charge in [0.1, 0.15) is 5.82 Å². The van der Waals surface area contributed by atoms with Crippen molar-refractivity contribution in [3.63, 3.8) is 0 Å². The predicted octanol–water partition coefficient (Wildman–Crippen LogP) is 2.33. The summed E-state index contributed by atoms with van der Waals surface area (Å²) in [5, 5.41) is 11.8. The third kappa shape index (κ3) is 2.77. The molecule has 108 valence electrons. The summed E-state index contributed by atoms with van der Waals surface area (Å²) in [7, 11) is 0. The zero-order valence-corrected chi connectivity index (χ0v) is 12.3. The van der Waals surface area contributed by atoms with Crippen LogP contribution in [-0.4, -0.2) is 34.4 Å². The Bertz CT molecular complexity index is 550. The first-order valence-corrected chi connectivity index (χ1v) is 7.08. The van der Waals surface area contributed by atoms with Crippen molar-refractivity contribution in [1.29, 1.82) is 0 Å². The molecular formula is C13H15BrFN3O2. The fraction of sp³-hybridized carbons (Fsp3) is 0.385. The molecular weight excluding hydrogens is 329 g/mol. The quantitative estimate of drug-likeness (QED) is 0.374. The maximum absolute atomic E-state index is 14.0. The number of nitrogens with two attached hydrogens (primary N) is 1. The molecule has 1 aromatic carbocycles. The van der Waals surface area contributed by atoms with E-state index < -0.39 is 17.8 Å². The van der Waals surface area contributed by atoms with Crippen LogP contribution in [0.1, 0.15) is 29.6 Å². The number of amides is 1. The van der Waals surface area contributed by atoms with Gasteiger partial charge in [-0.3, -0.25) is 4.79 Å². The van der Waals surface area contributed by atoms with Crippen molar-refractivity contribution < 1.29 is 14.4 Å². The summed E-state index contributed by atoms with van der Waals surface area (Å²) in [5.74, 6) is -1.06. The number of likely N-dealkylation sites (tertiary alicyclic amines) is 1. The van der Waals surface area contributed by atoms with Crippen molar-refractivity contribution in [1.82, 2.24) is 4.90 Å². The summed E-state index contributed by atoms with van der Waals surface area (Å²) in [6, 6.07) is 4.08. The number of carbonyl (C=O) groups is 1. The van der Waals surface area contributed by atoms with Crippen LogP contribution in [0.3, 0.4) is 0 Å². The van der Waals surface area contributed by atoms with E-state index in [0.717, 1.165) is 12.8 Å². The van der Waals surface area contributed by atoms with Crippen LogP contribution in [0.5, 0.6) is 0 Å². The van der Waals surface area contributed by atoms with E-state index in [0.29, 0.717) is 13.0 Å². The lowest BCUT2D eigenvalue weighted by Crippen LogP contribution is -2.50. The Hall–Kier alpha value is -1.63. The minimum atomic E-state index is -0.596. The number of halogens is 2. The van der Waals surface area contributed by atoms with Crippen LogP contribution in [0.25, 0.3) is 0 Å². The van der Waals surface area contributed by atoms with Gasteiger partial charge in [-0.2, -0.15) is 0 Å². The van der Waals surface area contributed by atoms with Crippen molar-refractivity contribution in [3.05, 3.63) is 34.1 Å². The molecule has 1 saturated heterocycles. The second kappa shape index (κ2) is 6.21. The molecule has 0 saturated carbocycles. The Kier molecular flexibility index (Phi) is 4.59. The fourth-order valence-corrected chi connectivity index (χ4v) is 2.74. The average Bonchev–Trinajstić information content (AvgIpc) is 2.48. The minimum absolute atomic E-state index is 0.0167. The molecule has 0 aromatic heterocycles. The fourth-order valence-electron chi connectivity index (χ4n) is 2.37. The molecule has 0 spiro atoms. The number of amidine groups is 1. The number of nitrogens with zero attached hydrogens (tertiary/aromatic N) is 2. The highest BCUT2D eigenvalue weighted by atomic mass is 79.9. The van der Waals surface area contributed by atoms with Crippen LogP contribution >= 0.6 is 15.9 Å². The van der Waals surface area contributed by atoms with Gasteiger partial charge in [-0.1, -0.05) is 11.2 Å². The molecule has 0 aliphatic carbocycles. The summed E-state index contributed by atoms with van der Waals surface area (Å²) < 4.78 is 14.2. The van der Waals surface area contributed by atoms with Crippen molar-refractivity contribution in [2.24, 2.45) is 10.9 Å². The Morgan fingerprint density at radius 2 is 2.25 bits per heavy atom. The topological polar surface area (TPSA) is 78.9 Å². The number of rotatable bonds is 2. The minimum Gasteiger partial charge on any atom is -0.409 e. The van der Waals surface area contributed by atoms with Gasteiger partial charge in [0.2, 0.25) is 0 Å². The SMILES string of the molecule is N/C(=N/O)C1CCCCN1C(=O)c1cccc(Br)c1F. The lowest BCUT2D eigenvalue weighted by molar-refractivity contribution is 0.0671. The van der Waals surface area contributed by atoms with Crippen molar-refractivity contribution in [2.75, 3.05) is 6.54 Å². The molecule has 3 N–H and O–H groups in total. The van der Waals surface area contributed by atoms with Gasteiger partial charge in [0.05, 0.1) is 16.1 Å². The summed E-state index contributed by atoms with van der Waals surface area (Å²) in [6.07, 6.45) is 2.31. The molecule has 1 aliphatic rings. The Morgan fingerprint density at radius 3 is 2.95 bits per heavy atom. The van der Waals surface area contributed by atoms with Crippen LogP contribution in [-0.2, 0) is 0 Å². The monoisotopic (exact) mass is 343 g/mol. The van der Waals surface area contributed by atoms with E-state index in [1.165, 1.54) is 17.0 Å². The number of carbonyl (C=O) groups excluding carboxylic acids is 1. The van der Waals surface area contributed by atoms with Gasteiger partial charge in [0, 0.05) is 6.54 Å². The first kappa shape index (κ1) is 14.8. The second-order valence-electron chi connectivity index (χ2n) is 4.64. The van der Waals surface area contributed by atoms with Crippen molar-refractivity contribution in [2.45, 2.75) is 25.3 Å². The van der Waals surface area contributed by atoms with Gasteiger partial charge >= 0.3 is 0 Å². The number of benzene rings is 1. The second-order valence-corrected chi connectivity index (χ2v) is 5.49. The smallest absolute Gasteiger partial charge is 0.257 e. The summed E-state index contributed by atoms with van der Waals surface area (Å²) in [5.41, 5.74) is 5.61. The van der Waals surface area contributed by atoms with Crippen LogP contribution in [0.2, 0.25) is 0 Å². The lowest BCUT2D eigenvalue weighted by atomic mass is 10.00. The van der Waals surface area contributed by atoms with Crippen molar-refractivity contribution in [3.8, 4) is 0 Å². The highest BCUT2D eigenvalue weighted by Gasteiger charge is 2.31. The Labute approximate surface area is 124 Å². The molecule has 20 heavy (non-hydrogen) atoms.